The van der Waals surface area contributed by atoms with E-state index in [1.807, 2.05) is 29.0 Å². The van der Waals surface area contributed by atoms with E-state index in [2.05, 4.69) is 0 Å². The minimum absolute atomic E-state index is 0.0241. The van der Waals surface area contributed by atoms with E-state index in [1.54, 1.807) is 18.2 Å². The van der Waals surface area contributed by atoms with Crippen molar-refractivity contribution in [3.8, 4) is 5.69 Å². The van der Waals surface area contributed by atoms with E-state index < -0.39 is 5.92 Å². The zero-order valence-electron chi connectivity index (χ0n) is 13.8. The minimum atomic E-state index is -2.87. The maximum absolute atomic E-state index is 13.5. The van der Waals surface area contributed by atoms with Crippen LogP contribution in [-0.2, 0) is 12.5 Å². The molecule has 0 N–H and O–H groups in total. The van der Waals surface area contributed by atoms with Crippen molar-refractivity contribution >= 4 is 28.9 Å². The molecule has 2 heterocycles. The van der Waals surface area contributed by atoms with Gasteiger partial charge in [-0.25, -0.2) is 8.78 Å². The molecule has 0 atom stereocenters. The van der Waals surface area contributed by atoms with Gasteiger partial charge < -0.3 is 4.57 Å². The Balaban J connectivity index is 1.85. The molecule has 1 aliphatic heterocycles. The molecule has 4 rings (SSSR count). The van der Waals surface area contributed by atoms with Gasteiger partial charge in [0.05, 0.1) is 33.7 Å². The first kappa shape index (κ1) is 17.3. The van der Waals surface area contributed by atoms with Gasteiger partial charge in [0.2, 0.25) is 0 Å². The number of halogens is 4. The van der Waals surface area contributed by atoms with Gasteiger partial charge in [-0.05, 0) is 23.8 Å². The Kier molecular flexibility index (Phi) is 4.13. The zero-order chi connectivity index (χ0) is 18.5. The molecule has 1 aliphatic rings. The molecular formula is C20H14Cl2F2N2. The quantitative estimate of drug-likeness (QED) is 0.492. The highest BCUT2D eigenvalue weighted by Crippen LogP contribution is 2.35. The second kappa shape index (κ2) is 6.22. The summed E-state index contributed by atoms with van der Waals surface area (Å²) in [6, 6.07) is 13.7. The van der Waals surface area contributed by atoms with E-state index in [0.717, 1.165) is 35.1 Å². The molecule has 132 valence electrons. The van der Waals surface area contributed by atoms with Crippen molar-refractivity contribution < 1.29 is 8.78 Å². The average molecular weight is 391 g/mol. The van der Waals surface area contributed by atoms with Gasteiger partial charge in [0.25, 0.3) is 5.92 Å². The highest BCUT2D eigenvalue weighted by Gasteiger charge is 2.25. The van der Waals surface area contributed by atoms with Gasteiger partial charge in [0, 0.05) is 24.2 Å². The number of nitrogens with zero attached hydrogens (tertiary/aromatic N) is 2. The zero-order valence-corrected chi connectivity index (χ0v) is 15.3. The van der Waals surface area contributed by atoms with Crippen LogP contribution in [0, 0.1) is 0 Å². The van der Waals surface area contributed by atoms with Crippen LogP contribution in [0.3, 0.4) is 0 Å². The summed E-state index contributed by atoms with van der Waals surface area (Å²) in [5, 5.41) is 0.946. The van der Waals surface area contributed by atoms with Crippen molar-refractivity contribution in [1.29, 1.82) is 0 Å². The second-order valence-electron chi connectivity index (χ2n) is 6.26. The van der Waals surface area contributed by atoms with Crippen LogP contribution < -0.4 is 0 Å². The van der Waals surface area contributed by atoms with Gasteiger partial charge in [-0.3, -0.25) is 4.99 Å². The Morgan fingerprint density at radius 3 is 2.46 bits per heavy atom. The smallest absolute Gasteiger partial charge is 0.270 e. The molecule has 0 bridgehead atoms. The Labute approximate surface area is 159 Å². The van der Waals surface area contributed by atoms with Crippen LogP contribution in [0.4, 0.5) is 8.78 Å². The summed E-state index contributed by atoms with van der Waals surface area (Å²) in [6.07, 6.45) is 1.89. The first-order chi connectivity index (χ1) is 12.4. The molecule has 0 fully saturated rings. The van der Waals surface area contributed by atoms with Crippen molar-refractivity contribution in [2.75, 3.05) is 0 Å². The first-order valence-electron chi connectivity index (χ1n) is 8.04. The first-order valence-corrected chi connectivity index (χ1v) is 8.80. The van der Waals surface area contributed by atoms with E-state index >= 15 is 0 Å². The monoisotopic (exact) mass is 390 g/mol. The van der Waals surface area contributed by atoms with Gasteiger partial charge in [-0.15, -0.1) is 0 Å². The molecule has 26 heavy (non-hydrogen) atoms. The third kappa shape index (κ3) is 2.83. The molecule has 0 saturated heterocycles. The van der Waals surface area contributed by atoms with Crippen LogP contribution >= 0.6 is 23.2 Å². The molecule has 6 heteroatoms. The Morgan fingerprint density at radius 2 is 1.77 bits per heavy atom. The third-order valence-corrected chi connectivity index (χ3v) is 5.25. The van der Waals surface area contributed by atoms with Crippen molar-refractivity contribution in [2.24, 2.45) is 4.99 Å². The van der Waals surface area contributed by atoms with E-state index in [-0.39, 0.29) is 5.56 Å². The maximum atomic E-state index is 13.5. The van der Waals surface area contributed by atoms with E-state index in [0.29, 0.717) is 16.6 Å². The fourth-order valence-electron chi connectivity index (χ4n) is 3.14. The number of alkyl halides is 2. The summed E-state index contributed by atoms with van der Waals surface area (Å²) >= 11 is 12.6. The fraction of sp³-hybridized carbons (Fsp3) is 0.150. The van der Waals surface area contributed by atoms with Crippen molar-refractivity contribution in [2.45, 2.75) is 19.4 Å². The molecule has 0 aliphatic carbocycles. The molecule has 1 aromatic heterocycles. The van der Waals surface area contributed by atoms with Crippen molar-refractivity contribution in [3.63, 3.8) is 0 Å². The topological polar surface area (TPSA) is 17.3 Å². The number of hydrogen-bond acceptors (Lipinski definition) is 1. The molecule has 0 spiro atoms. The predicted octanol–water partition coefficient (Wildman–Crippen LogP) is 6.25. The van der Waals surface area contributed by atoms with Crippen molar-refractivity contribution in [3.05, 3.63) is 87.2 Å². The summed E-state index contributed by atoms with van der Waals surface area (Å²) < 4.78 is 28.9. The number of fused-ring (bicyclic) bond motifs is 3. The van der Waals surface area contributed by atoms with Gasteiger partial charge in [-0.1, -0.05) is 53.5 Å². The van der Waals surface area contributed by atoms with Crippen LogP contribution in [0.15, 0.2) is 59.7 Å². The number of aromatic nitrogens is 1. The van der Waals surface area contributed by atoms with Crippen LogP contribution in [0.1, 0.15) is 29.3 Å². The van der Waals surface area contributed by atoms with Gasteiger partial charge >= 0.3 is 0 Å². The summed E-state index contributed by atoms with van der Waals surface area (Å²) in [5.74, 6) is -2.87. The third-order valence-electron chi connectivity index (χ3n) is 4.46. The largest absolute Gasteiger partial charge is 0.313 e. The highest BCUT2D eigenvalue weighted by atomic mass is 35.5. The summed E-state index contributed by atoms with van der Waals surface area (Å²) in [4.78, 5) is 4.72. The normalized spacial score (nSPS) is 13.7. The van der Waals surface area contributed by atoms with Crippen LogP contribution in [0.25, 0.3) is 5.69 Å². The standard InChI is InChI=1S/C20H14Cl2F2N2/c1-20(23,24)14-7-4-12(5-8-14)18-16-3-2-10-26(16)19-13(11-25-18)6-9-15(21)17(19)22/h2-10H,11H2,1H3. The van der Waals surface area contributed by atoms with Crippen LogP contribution in [0.5, 0.6) is 0 Å². The second-order valence-corrected chi connectivity index (χ2v) is 7.05. The molecule has 3 aromatic rings. The van der Waals surface area contributed by atoms with Crippen LogP contribution in [0.2, 0.25) is 10.0 Å². The molecule has 0 unspecified atom stereocenters. The van der Waals surface area contributed by atoms with E-state index in [1.165, 1.54) is 12.1 Å². The number of hydrogen-bond donors (Lipinski definition) is 0. The van der Waals surface area contributed by atoms with Crippen LogP contribution in [-0.4, -0.2) is 10.3 Å². The number of rotatable bonds is 2. The van der Waals surface area contributed by atoms with E-state index in [9.17, 15) is 8.78 Å². The Hall–Kier alpha value is -2.17. The molecule has 0 amide bonds. The SMILES string of the molecule is CC(F)(F)c1ccc(C2=NCc3ccc(Cl)c(Cl)c3-n3cccc32)cc1. The summed E-state index contributed by atoms with van der Waals surface area (Å²) in [6.45, 7) is 1.31. The molecule has 2 nitrogen and oxygen atoms in total. The van der Waals surface area contributed by atoms with Gasteiger partial charge in [-0.2, -0.15) is 0 Å². The fourth-order valence-corrected chi connectivity index (χ4v) is 3.57. The highest BCUT2D eigenvalue weighted by molar-refractivity contribution is 6.43. The lowest BCUT2D eigenvalue weighted by Gasteiger charge is -2.14. The molecular weight excluding hydrogens is 377 g/mol. The van der Waals surface area contributed by atoms with E-state index in [4.69, 9.17) is 28.2 Å². The lowest BCUT2D eigenvalue weighted by Crippen LogP contribution is -2.10. The average Bonchev–Trinajstić information content (AvgIpc) is 3.01. The maximum Gasteiger partial charge on any atom is 0.270 e. The Morgan fingerprint density at radius 1 is 1.04 bits per heavy atom. The van der Waals surface area contributed by atoms with Gasteiger partial charge in [0.15, 0.2) is 0 Å². The predicted molar refractivity (Wildman–Crippen MR) is 101 cm³/mol. The molecule has 0 radical (unpaired) electrons. The molecule has 2 aromatic carbocycles. The lowest BCUT2D eigenvalue weighted by molar-refractivity contribution is 0.0175. The minimum Gasteiger partial charge on any atom is -0.313 e. The van der Waals surface area contributed by atoms with Gasteiger partial charge in [0.1, 0.15) is 0 Å². The number of aliphatic imine (C=N–C) groups is 1. The molecule has 0 saturated carbocycles. The Bertz CT molecular complexity index is 1020. The van der Waals surface area contributed by atoms with Crippen molar-refractivity contribution in [1.82, 2.24) is 4.57 Å². The number of benzene rings is 2. The summed E-state index contributed by atoms with van der Waals surface area (Å²) in [7, 11) is 0. The summed E-state index contributed by atoms with van der Waals surface area (Å²) in [5.41, 5.74) is 4.06. The lowest BCUT2D eigenvalue weighted by atomic mass is 10.0.